The van der Waals surface area contributed by atoms with Gasteiger partial charge in [-0.3, -0.25) is 0 Å². The van der Waals surface area contributed by atoms with Crippen LogP contribution in [0.4, 0.5) is 0 Å². The van der Waals surface area contributed by atoms with Gasteiger partial charge in [-0.15, -0.1) is 22.7 Å². The third-order valence-electron chi connectivity index (χ3n) is 2.94. The van der Waals surface area contributed by atoms with Crippen molar-refractivity contribution in [2.75, 3.05) is 20.8 Å². The van der Waals surface area contributed by atoms with Crippen molar-refractivity contribution < 1.29 is 4.74 Å². The molecule has 1 N–H and O–H groups in total. The summed E-state index contributed by atoms with van der Waals surface area (Å²) < 4.78 is 7.92. The Labute approximate surface area is 111 Å². The summed E-state index contributed by atoms with van der Waals surface area (Å²) >= 11 is 3.75. The minimum absolute atomic E-state index is 0.497. The molecule has 17 heavy (non-hydrogen) atoms. The van der Waals surface area contributed by atoms with Crippen molar-refractivity contribution >= 4 is 32.1 Å². The highest BCUT2D eigenvalue weighted by molar-refractivity contribution is 7.26. The monoisotopic (exact) mass is 269 g/mol. The van der Waals surface area contributed by atoms with Crippen LogP contribution in [0.15, 0.2) is 17.5 Å². The zero-order valence-electron chi connectivity index (χ0n) is 10.4. The molecular weight excluding hydrogens is 250 g/mol. The Morgan fingerprint density at radius 3 is 2.94 bits per heavy atom. The molecule has 0 aliphatic carbocycles. The van der Waals surface area contributed by atoms with E-state index in [-0.39, 0.29) is 0 Å². The van der Waals surface area contributed by atoms with E-state index in [9.17, 15) is 0 Å². The Balaban J connectivity index is 1.95. The van der Waals surface area contributed by atoms with Gasteiger partial charge in [0.15, 0.2) is 0 Å². The van der Waals surface area contributed by atoms with Gasteiger partial charge in [-0.2, -0.15) is 0 Å². The molecule has 0 bridgehead atoms. The number of unbranched alkanes of at least 4 members (excludes halogenated alkanes) is 1. The Bertz CT molecular complexity index is 420. The fourth-order valence-electron chi connectivity index (χ4n) is 1.98. The average Bonchev–Trinajstić information content (AvgIpc) is 2.89. The maximum atomic E-state index is 5.08. The molecule has 0 fully saturated rings. The predicted octanol–water partition coefficient (Wildman–Crippen LogP) is 4.04. The van der Waals surface area contributed by atoms with E-state index in [0.717, 1.165) is 13.0 Å². The van der Waals surface area contributed by atoms with E-state index in [1.54, 1.807) is 7.11 Å². The molecule has 2 aromatic heterocycles. The zero-order chi connectivity index (χ0) is 12.1. The highest BCUT2D eigenvalue weighted by Gasteiger charge is 2.12. The molecule has 2 heterocycles. The largest absolute Gasteiger partial charge is 0.385 e. The zero-order valence-corrected chi connectivity index (χ0v) is 12.0. The molecule has 0 amide bonds. The van der Waals surface area contributed by atoms with Crippen LogP contribution in [-0.2, 0) is 4.74 Å². The number of nitrogens with one attached hydrogen (secondary N) is 1. The summed E-state index contributed by atoms with van der Waals surface area (Å²) in [6.45, 7) is 0.871. The van der Waals surface area contributed by atoms with Crippen molar-refractivity contribution in [3.05, 3.63) is 22.4 Å². The molecule has 1 atom stereocenters. The van der Waals surface area contributed by atoms with E-state index in [1.807, 2.05) is 22.7 Å². The van der Waals surface area contributed by atoms with Gasteiger partial charge in [-0.05, 0) is 43.8 Å². The number of thiophene rings is 2. The van der Waals surface area contributed by atoms with E-state index in [2.05, 4.69) is 29.9 Å². The van der Waals surface area contributed by atoms with Crippen LogP contribution in [0.25, 0.3) is 9.40 Å². The molecule has 0 saturated heterocycles. The maximum Gasteiger partial charge on any atom is 0.0462 e. The topological polar surface area (TPSA) is 21.3 Å². The number of hydrogen-bond acceptors (Lipinski definition) is 4. The number of methoxy groups -OCH3 is 1. The number of ether oxygens (including phenoxy) is 1. The fraction of sp³-hybridized carbons (Fsp3) is 0.538. The average molecular weight is 269 g/mol. The molecule has 0 aliphatic heterocycles. The van der Waals surface area contributed by atoms with Crippen LogP contribution in [0.1, 0.15) is 30.2 Å². The van der Waals surface area contributed by atoms with Crippen molar-refractivity contribution in [1.82, 2.24) is 5.32 Å². The van der Waals surface area contributed by atoms with E-state index in [4.69, 9.17) is 4.74 Å². The lowest BCUT2D eigenvalue weighted by Crippen LogP contribution is -2.15. The molecule has 2 aromatic rings. The molecule has 2 nitrogen and oxygen atoms in total. The van der Waals surface area contributed by atoms with Crippen LogP contribution in [0, 0.1) is 0 Å². The van der Waals surface area contributed by atoms with Gasteiger partial charge < -0.3 is 10.1 Å². The van der Waals surface area contributed by atoms with Gasteiger partial charge >= 0.3 is 0 Å². The Kier molecular flexibility index (Phi) is 4.98. The summed E-state index contributed by atoms with van der Waals surface area (Å²) in [5.74, 6) is 0. The van der Waals surface area contributed by atoms with Crippen LogP contribution in [0.3, 0.4) is 0 Å². The highest BCUT2D eigenvalue weighted by Crippen LogP contribution is 2.34. The first kappa shape index (κ1) is 13.0. The molecule has 94 valence electrons. The normalized spacial score (nSPS) is 13.3. The Morgan fingerprint density at radius 2 is 2.24 bits per heavy atom. The van der Waals surface area contributed by atoms with Crippen molar-refractivity contribution in [3.63, 3.8) is 0 Å². The lowest BCUT2D eigenvalue weighted by Gasteiger charge is -2.13. The summed E-state index contributed by atoms with van der Waals surface area (Å²) in [5, 5.41) is 5.58. The van der Waals surface area contributed by atoms with E-state index in [0.29, 0.717) is 6.04 Å². The van der Waals surface area contributed by atoms with Crippen molar-refractivity contribution in [2.45, 2.75) is 25.3 Å². The van der Waals surface area contributed by atoms with E-state index < -0.39 is 0 Å². The van der Waals surface area contributed by atoms with Crippen LogP contribution in [0.5, 0.6) is 0 Å². The lowest BCUT2D eigenvalue weighted by molar-refractivity contribution is 0.191. The molecule has 0 spiro atoms. The van der Waals surface area contributed by atoms with E-state index >= 15 is 0 Å². The Hall–Kier alpha value is -0.420. The lowest BCUT2D eigenvalue weighted by atomic mass is 10.1. The second-order valence-electron chi connectivity index (χ2n) is 4.13. The summed E-state index contributed by atoms with van der Waals surface area (Å²) in [5.41, 5.74) is 0. The van der Waals surface area contributed by atoms with Crippen LogP contribution in [-0.4, -0.2) is 20.8 Å². The maximum absolute atomic E-state index is 5.08. The smallest absolute Gasteiger partial charge is 0.0462 e. The standard InChI is InChI=1S/C13H19NOS2/c1-14-10(5-3-4-7-15-2)12-9-13-11(17-12)6-8-16-13/h6,8-10,14H,3-5,7H2,1-2H3. The molecule has 0 saturated carbocycles. The summed E-state index contributed by atoms with van der Waals surface area (Å²) in [4.78, 5) is 1.46. The minimum Gasteiger partial charge on any atom is -0.385 e. The van der Waals surface area contributed by atoms with Gasteiger partial charge in [0, 0.05) is 34.0 Å². The summed E-state index contributed by atoms with van der Waals surface area (Å²) in [6, 6.07) is 5.05. The van der Waals surface area contributed by atoms with Crippen molar-refractivity contribution in [3.8, 4) is 0 Å². The van der Waals surface area contributed by atoms with Crippen LogP contribution < -0.4 is 5.32 Å². The Morgan fingerprint density at radius 1 is 1.35 bits per heavy atom. The molecule has 0 aromatic carbocycles. The number of rotatable bonds is 7. The SMILES string of the molecule is CNC(CCCCOC)c1cc2sccc2s1. The van der Waals surface area contributed by atoms with Crippen LogP contribution in [0.2, 0.25) is 0 Å². The van der Waals surface area contributed by atoms with Gasteiger partial charge in [0.25, 0.3) is 0 Å². The van der Waals surface area contributed by atoms with Gasteiger partial charge in [-0.25, -0.2) is 0 Å². The van der Waals surface area contributed by atoms with Crippen molar-refractivity contribution in [2.24, 2.45) is 0 Å². The quantitative estimate of drug-likeness (QED) is 0.766. The number of fused-ring (bicyclic) bond motifs is 1. The molecule has 2 rings (SSSR count). The second-order valence-corrected chi connectivity index (χ2v) is 6.19. The van der Waals surface area contributed by atoms with E-state index in [1.165, 1.54) is 27.1 Å². The molecule has 0 aliphatic rings. The van der Waals surface area contributed by atoms with Gasteiger partial charge in [-0.1, -0.05) is 0 Å². The summed E-state index contributed by atoms with van der Waals surface area (Å²) in [6.07, 6.45) is 3.55. The van der Waals surface area contributed by atoms with Gasteiger partial charge in [0.1, 0.15) is 0 Å². The molecule has 4 heteroatoms. The van der Waals surface area contributed by atoms with Gasteiger partial charge in [0.05, 0.1) is 0 Å². The molecule has 1 unspecified atom stereocenters. The van der Waals surface area contributed by atoms with Gasteiger partial charge in [0.2, 0.25) is 0 Å². The number of hydrogen-bond donors (Lipinski definition) is 1. The fourth-order valence-corrected chi connectivity index (χ4v) is 4.24. The first-order chi connectivity index (χ1) is 8.35. The minimum atomic E-state index is 0.497. The third kappa shape index (κ3) is 3.28. The third-order valence-corrected chi connectivity index (χ3v) is 5.15. The first-order valence-corrected chi connectivity index (χ1v) is 7.68. The highest BCUT2D eigenvalue weighted by atomic mass is 32.1. The predicted molar refractivity (Wildman–Crippen MR) is 77.2 cm³/mol. The molecular formula is C13H19NOS2. The first-order valence-electron chi connectivity index (χ1n) is 5.98. The second kappa shape index (κ2) is 6.50. The summed E-state index contributed by atoms with van der Waals surface area (Å²) in [7, 11) is 3.82. The van der Waals surface area contributed by atoms with Crippen LogP contribution >= 0.6 is 22.7 Å². The van der Waals surface area contributed by atoms with Crippen molar-refractivity contribution in [1.29, 1.82) is 0 Å². The molecule has 0 radical (unpaired) electrons.